The molecule has 1 heterocycles. The van der Waals surface area contributed by atoms with E-state index in [4.69, 9.17) is 0 Å². The minimum absolute atomic E-state index is 0.674. The Labute approximate surface area is 111 Å². The van der Waals surface area contributed by atoms with Crippen molar-refractivity contribution in [2.24, 2.45) is 11.8 Å². The smallest absolute Gasteiger partial charge is 0.0573 e. The van der Waals surface area contributed by atoms with Crippen LogP contribution in [-0.4, -0.2) is 11.0 Å². The van der Waals surface area contributed by atoms with Crippen LogP contribution in [0.3, 0.4) is 0 Å². The average molecular weight is 246 g/mol. The lowest BCUT2D eigenvalue weighted by Crippen LogP contribution is -2.38. The van der Waals surface area contributed by atoms with Gasteiger partial charge in [0, 0.05) is 18.8 Å². The molecule has 0 radical (unpaired) electrons. The van der Waals surface area contributed by atoms with E-state index in [0.29, 0.717) is 6.04 Å². The molecule has 0 aliphatic heterocycles. The summed E-state index contributed by atoms with van der Waals surface area (Å²) < 4.78 is 0. The van der Waals surface area contributed by atoms with E-state index in [0.717, 1.165) is 24.8 Å². The minimum Gasteiger partial charge on any atom is -0.308 e. The standard InChI is InChI=1S/C16H26N2/c1-4-14-6-5-9-17-16(14)11-18-15-8-7-12(2)10-13(15)3/h5-6,9,12-13,15,18H,4,7-8,10-11H2,1-3H3. The lowest BCUT2D eigenvalue weighted by molar-refractivity contribution is 0.226. The SMILES string of the molecule is CCc1cccnc1CNC1CCC(C)CC1C. The van der Waals surface area contributed by atoms with Gasteiger partial charge in [0.1, 0.15) is 0 Å². The monoisotopic (exact) mass is 246 g/mol. The Hall–Kier alpha value is -0.890. The Kier molecular flexibility index (Phi) is 4.76. The van der Waals surface area contributed by atoms with Gasteiger partial charge in [-0.25, -0.2) is 0 Å². The summed E-state index contributed by atoms with van der Waals surface area (Å²) in [6, 6.07) is 4.90. The first-order valence-electron chi connectivity index (χ1n) is 7.36. The van der Waals surface area contributed by atoms with E-state index in [1.807, 2.05) is 12.3 Å². The molecule has 0 saturated heterocycles. The zero-order valence-corrected chi connectivity index (χ0v) is 11.9. The highest BCUT2D eigenvalue weighted by Gasteiger charge is 2.24. The van der Waals surface area contributed by atoms with Gasteiger partial charge in [-0.1, -0.05) is 26.8 Å². The summed E-state index contributed by atoms with van der Waals surface area (Å²) in [4.78, 5) is 4.51. The Bertz CT molecular complexity index is 375. The fraction of sp³-hybridized carbons (Fsp3) is 0.688. The van der Waals surface area contributed by atoms with Gasteiger partial charge in [0.2, 0.25) is 0 Å². The first-order valence-corrected chi connectivity index (χ1v) is 7.36. The second kappa shape index (κ2) is 6.33. The number of nitrogens with zero attached hydrogens (tertiary/aromatic N) is 1. The van der Waals surface area contributed by atoms with Crippen molar-refractivity contribution in [2.75, 3.05) is 0 Å². The van der Waals surface area contributed by atoms with E-state index in [1.165, 1.54) is 30.5 Å². The molecule has 3 atom stereocenters. The number of hydrogen-bond acceptors (Lipinski definition) is 2. The summed E-state index contributed by atoms with van der Waals surface area (Å²) in [5.74, 6) is 1.70. The van der Waals surface area contributed by atoms with Crippen molar-refractivity contribution in [3.63, 3.8) is 0 Å². The van der Waals surface area contributed by atoms with Crippen LogP contribution in [0.25, 0.3) is 0 Å². The molecule has 1 aromatic heterocycles. The van der Waals surface area contributed by atoms with E-state index in [2.05, 4.69) is 37.1 Å². The third-order valence-electron chi connectivity index (χ3n) is 4.33. The molecule has 2 nitrogen and oxygen atoms in total. The normalized spacial score (nSPS) is 28.3. The molecule has 2 heteroatoms. The maximum absolute atomic E-state index is 4.51. The Balaban J connectivity index is 1.91. The van der Waals surface area contributed by atoms with Gasteiger partial charge in [-0.3, -0.25) is 4.98 Å². The predicted octanol–water partition coefficient (Wildman–Crippen LogP) is 3.56. The van der Waals surface area contributed by atoms with Crippen molar-refractivity contribution < 1.29 is 0 Å². The molecular formula is C16H26N2. The van der Waals surface area contributed by atoms with Crippen molar-refractivity contribution in [1.29, 1.82) is 0 Å². The lowest BCUT2D eigenvalue weighted by Gasteiger charge is -2.33. The van der Waals surface area contributed by atoms with Crippen molar-refractivity contribution in [2.45, 2.75) is 59.0 Å². The molecule has 0 aromatic carbocycles. The van der Waals surface area contributed by atoms with Crippen LogP contribution in [-0.2, 0) is 13.0 Å². The molecule has 0 spiro atoms. The van der Waals surface area contributed by atoms with Crippen LogP contribution in [0.4, 0.5) is 0 Å². The predicted molar refractivity (Wildman–Crippen MR) is 76.4 cm³/mol. The zero-order chi connectivity index (χ0) is 13.0. The second-order valence-electron chi connectivity index (χ2n) is 5.85. The Morgan fingerprint density at radius 3 is 2.89 bits per heavy atom. The van der Waals surface area contributed by atoms with Gasteiger partial charge in [-0.2, -0.15) is 0 Å². The largest absolute Gasteiger partial charge is 0.308 e. The molecule has 100 valence electrons. The Morgan fingerprint density at radius 1 is 1.33 bits per heavy atom. The van der Waals surface area contributed by atoms with E-state index in [9.17, 15) is 0 Å². The third kappa shape index (κ3) is 3.32. The van der Waals surface area contributed by atoms with Gasteiger partial charge in [-0.15, -0.1) is 0 Å². The van der Waals surface area contributed by atoms with E-state index >= 15 is 0 Å². The molecule has 0 amide bonds. The van der Waals surface area contributed by atoms with Gasteiger partial charge in [0.15, 0.2) is 0 Å². The fourth-order valence-electron chi connectivity index (χ4n) is 3.15. The molecule has 1 aromatic rings. The van der Waals surface area contributed by atoms with Crippen molar-refractivity contribution in [3.8, 4) is 0 Å². The number of rotatable bonds is 4. The summed E-state index contributed by atoms with van der Waals surface area (Å²) in [5.41, 5.74) is 2.60. The summed E-state index contributed by atoms with van der Waals surface area (Å²) in [7, 11) is 0. The third-order valence-corrected chi connectivity index (χ3v) is 4.33. The van der Waals surface area contributed by atoms with E-state index < -0.39 is 0 Å². The molecule has 2 rings (SSSR count). The molecule has 18 heavy (non-hydrogen) atoms. The molecule has 0 bridgehead atoms. The first-order chi connectivity index (χ1) is 8.70. The molecular weight excluding hydrogens is 220 g/mol. The minimum atomic E-state index is 0.674. The summed E-state index contributed by atoms with van der Waals surface area (Å²) in [6.07, 6.45) is 7.02. The summed E-state index contributed by atoms with van der Waals surface area (Å²) >= 11 is 0. The molecule has 1 fully saturated rings. The molecule has 1 aliphatic rings. The first kappa shape index (κ1) is 13.5. The van der Waals surface area contributed by atoms with Crippen LogP contribution in [0.1, 0.15) is 51.3 Å². The van der Waals surface area contributed by atoms with Crippen molar-refractivity contribution in [1.82, 2.24) is 10.3 Å². The number of nitrogens with one attached hydrogen (secondary N) is 1. The number of aryl methyl sites for hydroxylation is 1. The molecule has 3 unspecified atom stereocenters. The van der Waals surface area contributed by atoms with Gasteiger partial charge in [0.05, 0.1) is 5.69 Å². The maximum atomic E-state index is 4.51. The topological polar surface area (TPSA) is 24.9 Å². The summed E-state index contributed by atoms with van der Waals surface area (Å²) in [6.45, 7) is 7.88. The van der Waals surface area contributed by atoms with Crippen molar-refractivity contribution >= 4 is 0 Å². The quantitative estimate of drug-likeness (QED) is 0.878. The van der Waals surface area contributed by atoms with Gasteiger partial charge in [0.25, 0.3) is 0 Å². The summed E-state index contributed by atoms with van der Waals surface area (Å²) in [5, 5.41) is 3.72. The van der Waals surface area contributed by atoms with Gasteiger partial charge >= 0.3 is 0 Å². The zero-order valence-electron chi connectivity index (χ0n) is 11.9. The maximum Gasteiger partial charge on any atom is 0.0573 e. The highest BCUT2D eigenvalue weighted by atomic mass is 14.9. The lowest BCUT2D eigenvalue weighted by atomic mass is 9.80. The van der Waals surface area contributed by atoms with Crippen LogP contribution in [0.15, 0.2) is 18.3 Å². The average Bonchev–Trinajstić information content (AvgIpc) is 2.38. The van der Waals surface area contributed by atoms with Crippen molar-refractivity contribution in [3.05, 3.63) is 29.6 Å². The number of hydrogen-bond donors (Lipinski definition) is 1. The molecule has 1 saturated carbocycles. The molecule has 1 N–H and O–H groups in total. The van der Waals surface area contributed by atoms with Gasteiger partial charge < -0.3 is 5.32 Å². The second-order valence-corrected chi connectivity index (χ2v) is 5.85. The van der Waals surface area contributed by atoms with Crippen LogP contribution in [0.5, 0.6) is 0 Å². The van der Waals surface area contributed by atoms with Crippen LogP contribution >= 0.6 is 0 Å². The van der Waals surface area contributed by atoms with Gasteiger partial charge in [-0.05, 0) is 49.1 Å². The van der Waals surface area contributed by atoms with E-state index in [1.54, 1.807) is 0 Å². The van der Waals surface area contributed by atoms with Crippen LogP contribution in [0, 0.1) is 11.8 Å². The molecule has 1 aliphatic carbocycles. The fourth-order valence-corrected chi connectivity index (χ4v) is 3.15. The van der Waals surface area contributed by atoms with E-state index in [-0.39, 0.29) is 0 Å². The van der Waals surface area contributed by atoms with Crippen LogP contribution in [0.2, 0.25) is 0 Å². The highest BCUT2D eigenvalue weighted by Crippen LogP contribution is 2.28. The number of aromatic nitrogens is 1. The highest BCUT2D eigenvalue weighted by molar-refractivity contribution is 5.19. The Morgan fingerprint density at radius 2 is 2.17 bits per heavy atom. The van der Waals surface area contributed by atoms with Crippen LogP contribution < -0.4 is 5.32 Å². The number of pyridine rings is 1.